The largest absolute Gasteiger partial charge is 0.349 e. The number of nitrogens with two attached hydrogens (primary N) is 1. The standard InChI is InChI=1S/C12H23N3O/c13-9-12(5-1-2-6-12)15-11(16)10-4-3-7-14-8-10/h10,14H,1-9,13H2,(H,15,16). The van der Waals surface area contributed by atoms with Crippen molar-refractivity contribution < 1.29 is 4.79 Å². The molecule has 1 atom stereocenters. The molecule has 1 saturated carbocycles. The summed E-state index contributed by atoms with van der Waals surface area (Å²) in [7, 11) is 0. The Labute approximate surface area is 97.3 Å². The first-order valence-electron chi connectivity index (χ1n) is 6.49. The van der Waals surface area contributed by atoms with Crippen molar-refractivity contribution in [2.75, 3.05) is 19.6 Å². The van der Waals surface area contributed by atoms with Gasteiger partial charge in [0.15, 0.2) is 0 Å². The highest BCUT2D eigenvalue weighted by Crippen LogP contribution is 2.29. The van der Waals surface area contributed by atoms with Crippen LogP contribution >= 0.6 is 0 Å². The number of hydrogen-bond donors (Lipinski definition) is 3. The molecule has 0 aromatic heterocycles. The summed E-state index contributed by atoms with van der Waals surface area (Å²) in [6, 6.07) is 0. The molecule has 0 aromatic rings. The van der Waals surface area contributed by atoms with E-state index in [0.29, 0.717) is 6.54 Å². The van der Waals surface area contributed by atoms with Gasteiger partial charge in [0, 0.05) is 13.1 Å². The van der Waals surface area contributed by atoms with E-state index in [0.717, 1.165) is 38.8 Å². The minimum Gasteiger partial charge on any atom is -0.349 e. The first-order valence-corrected chi connectivity index (χ1v) is 6.49. The first-order chi connectivity index (χ1) is 7.76. The summed E-state index contributed by atoms with van der Waals surface area (Å²) in [6.45, 7) is 2.46. The highest BCUT2D eigenvalue weighted by atomic mass is 16.2. The molecule has 0 aromatic carbocycles. The third kappa shape index (κ3) is 2.55. The summed E-state index contributed by atoms with van der Waals surface area (Å²) >= 11 is 0. The number of carbonyl (C=O) groups excluding carboxylic acids is 1. The van der Waals surface area contributed by atoms with E-state index in [1.54, 1.807) is 0 Å². The van der Waals surface area contributed by atoms with Gasteiger partial charge in [-0.3, -0.25) is 4.79 Å². The molecule has 1 aliphatic heterocycles. The van der Waals surface area contributed by atoms with Gasteiger partial charge in [-0.25, -0.2) is 0 Å². The third-order valence-electron chi connectivity index (χ3n) is 4.01. The van der Waals surface area contributed by atoms with E-state index in [9.17, 15) is 4.79 Å². The Kier molecular flexibility index (Phi) is 3.82. The molecule has 2 fully saturated rings. The molecule has 4 nitrogen and oxygen atoms in total. The fourth-order valence-corrected chi connectivity index (χ4v) is 2.87. The van der Waals surface area contributed by atoms with Gasteiger partial charge in [0.25, 0.3) is 0 Å². The van der Waals surface area contributed by atoms with Crippen LogP contribution in [-0.2, 0) is 4.79 Å². The average molecular weight is 225 g/mol. The SMILES string of the molecule is NCC1(NC(=O)C2CCCNC2)CCCC1. The fourth-order valence-electron chi connectivity index (χ4n) is 2.87. The minimum atomic E-state index is -0.0888. The van der Waals surface area contributed by atoms with E-state index in [-0.39, 0.29) is 17.4 Å². The van der Waals surface area contributed by atoms with Crippen molar-refractivity contribution in [2.45, 2.75) is 44.1 Å². The van der Waals surface area contributed by atoms with Gasteiger partial charge >= 0.3 is 0 Å². The molecule has 2 aliphatic rings. The Bertz CT molecular complexity index is 243. The summed E-state index contributed by atoms with van der Waals surface area (Å²) in [5.74, 6) is 0.359. The lowest BCUT2D eigenvalue weighted by molar-refractivity contribution is -0.127. The van der Waals surface area contributed by atoms with Crippen LogP contribution in [0, 0.1) is 5.92 Å². The van der Waals surface area contributed by atoms with Crippen LogP contribution in [0.3, 0.4) is 0 Å². The summed E-state index contributed by atoms with van der Waals surface area (Å²) in [5.41, 5.74) is 5.73. The molecule has 0 spiro atoms. The van der Waals surface area contributed by atoms with Crippen LogP contribution in [0.2, 0.25) is 0 Å². The van der Waals surface area contributed by atoms with Crippen molar-refractivity contribution in [2.24, 2.45) is 11.7 Å². The topological polar surface area (TPSA) is 67.1 Å². The molecule has 1 saturated heterocycles. The van der Waals surface area contributed by atoms with Gasteiger partial charge in [-0.15, -0.1) is 0 Å². The van der Waals surface area contributed by atoms with Gasteiger partial charge in [0.2, 0.25) is 5.91 Å². The predicted molar refractivity (Wildman–Crippen MR) is 64.0 cm³/mol. The quantitative estimate of drug-likeness (QED) is 0.650. The molecule has 92 valence electrons. The monoisotopic (exact) mass is 225 g/mol. The molecule has 4 N–H and O–H groups in total. The molecule has 1 amide bonds. The highest BCUT2D eigenvalue weighted by Gasteiger charge is 2.35. The summed E-state index contributed by atoms with van der Waals surface area (Å²) in [4.78, 5) is 12.1. The van der Waals surface area contributed by atoms with E-state index >= 15 is 0 Å². The van der Waals surface area contributed by atoms with Crippen molar-refractivity contribution in [3.8, 4) is 0 Å². The zero-order valence-corrected chi connectivity index (χ0v) is 9.93. The zero-order chi connectivity index (χ0) is 11.4. The highest BCUT2D eigenvalue weighted by molar-refractivity contribution is 5.79. The second-order valence-corrected chi connectivity index (χ2v) is 5.22. The summed E-state index contributed by atoms with van der Waals surface area (Å²) < 4.78 is 0. The Hall–Kier alpha value is -0.610. The van der Waals surface area contributed by atoms with Gasteiger partial charge < -0.3 is 16.4 Å². The van der Waals surface area contributed by atoms with Gasteiger partial charge in [0.05, 0.1) is 11.5 Å². The second-order valence-electron chi connectivity index (χ2n) is 5.22. The smallest absolute Gasteiger partial charge is 0.224 e. The minimum absolute atomic E-state index is 0.0888. The Morgan fingerprint density at radius 1 is 1.38 bits per heavy atom. The predicted octanol–water partition coefficient (Wildman–Crippen LogP) is 0.374. The Balaban J connectivity index is 1.89. The maximum absolute atomic E-state index is 12.1. The molecule has 1 heterocycles. The van der Waals surface area contributed by atoms with E-state index in [1.807, 2.05) is 0 Å². The van der Waals surface area contributed by atoms with E-state index in [2.05, 4.69) is 10.6 Å². The van der Waals surface area contributed by atoms with E-state index in [4.69, 9.17) is 5.73 Å². The van der Waals surface area contributed by atoms with Gasteiger partial charge in [-0.2, -0.15) is 0 Å². The van der Waals surface area contributed by atoms with Crippen molar-refractivity contribution in [3.05, 3.63) is 0 Å². The van der Waals surface area contributed by atoms with Crippen LogP contribution in [0.15, 0.2) is 0 Å². The molecular weight excluding hydrogens is 202 g/mol. The third-order valence-corrected chi connectivity index (χ3v) is 4.01. The molecule has 2 rings (SSSR count). The van der Waals surface area contributed by atoms with Crippen molar-refractivity contribution in [1.29, 1.82) is 0 Å². The average Bonchev–Trinajstić information content (AvgIpc) is 2.79. The van der Waals surface area contributed by atoms with Crippen LogP contribution < -0.4 is 16.4 Å². The summed E-state index contributed by atoms with van der Waals surface area (Å²) in [6.07, 6.45) is 6.61. The maximum Gasteiger partial charge on any atom is 0.224 e. The number of rotatable bonds is 3. The number of piperidine rings is 1. The molecule has 4 heteroatoms. The fraction of sp³-hybridized carbons (Fsp3) is 0.917. The van der Waals surface area contributed by atoms with Crippen molar-refractivity contribution >= 4 is 5.91 Å². The van der Waals surface area contributed by atoms with Crippen LogP contribution in [0.1, 0.15) is 38.5 Å². The lowest BCUT2D eigenvalue weighted by Crippen LogP contribution is -2.54. The first kappa shape index (κ1) is 11.9. The Morgan fingerprint density at radius 3 is 2.69 bits per heavy atom. The van der Waals surface area contributed by atoms with Gasteiger partial charge in [-0.1, -0.05) is 12.8 Å². The van der Waals surface area contributed by atoms with Crippen molar-refractivity contribution in [3.63, 3.8) is 0 Å². The maximum atomic E-state index is 12.1. The van der Waals surface area contributed by atoms with E-state index in [1.165, 1.54) is 12.8 Å². The molecule has 0 bridgehead atoms. The van der Waals surface area contributed by atoms with Crippen LogP contribution in [0.25, 0.3) is 0 Å². The molecule has 16 heavy (non-hydrogen) atoms. The summed E-state index contributed by atoms with van der Waals surface area (Å²) in [5, 5.41) is 6.49. The molecular formula is C12H23N3O. The molecule has 1 unspecified atom stereocenters. The normalized spacial score (nSPS) is 28.9. The van der Waals surface area contributed by atoms with Gasteiger partial charge in [0.1, 0.15) is 0 Å². The zero-order valence-electron chi connectivity index (χ0n) is 9.93. The van der Waals surface area contributed by atoms with E-state index < -0.39 is 0 Å². The molecule has 0 radical (unpaired) electrons. The van der Waals surface area contributed by atoms with Crippen LogP contribution in [-0.4, -0.2) is 31.1 Å². The van der Waals surface area contributed by atoms with Crippen molar-refractivity contribution in [1.82, 2.24) is 10.6 Å². The number of carbonyl (C=O) groups is 1. The van der Waals surface area contributed by atoms with Crippen LogP contribution in [0.4, 0.5) is 0 Å². The van der Waals surface area contributed by atoms with Crippen LogP contribution in [0.5, 0.6) is 0 Å². The number of hydrogen-bond acceptors (Lipinski definition) is 3. The number of nitrogens with one attached hydrogen (secondary N) is 2. The number of amides is 1. The lowest BCUT2D eigenvalue weighted by Gasteiger charge is -2.32. The second kappa shape index (κ2) is 5.15. The molecule has 1 aliphatic carbocycles. The Morgan fingerprint density at radius 2 is 2.12 bits per heavy atom. The van der Waals surface area contributed by atoms with Gasteiger partial charge in [-0.05, 0) is 32.2 Å². The lowest BCUT2D eigenvalue weighted by atomic mass is 9.93.